The molecule has 1 aromatic rings. The van der Waals surface area contributed by atoms with E-state index in [9.17, 15) is 9.59 Å². The van der Waals surface area contributed by atoms with Crippen LogP contribution in [0.1, 0.15) is 34.3 Å². The van der Waals surface area contributed by atoms with Crippen LogP contribution in [0.3, 0.4) is 0 Å². The molecule has 0 saturated heterocycles. The molecule has 0 saturated carbocycles. The number of benzene rings is 1. The molecule has 0 bridgehead atoms. The van der Waals surface area contributed by atoms with E-state index in [-0.39, 0.29) is 12.2 Å². The molecule has 0 heterocycles. The summed E-state index contributed by atoms with van der Waals surface area (Å²) in [4.78, 5) is 21.8. The summed E-state index contributed by atoms with van der Waals surface area (Å²) in [6.07, 6.45) is 1.08. The van der Waals surface area contributed by atoms with Gasteiger partial charge >= 0.3 is 5.97 Å². The Morgan fingerprint density at radius 3 is 2.94 bits per heavy atom. The third-order valence-electron chi connectivity index (χ3n) is 2.54. The summed E-state index contributed by atoms with van der Waals surface area (Å²) in [5.74, 6) is 4.61. The molecule has 0 aromatic heterocycles. The topological polar surface area (TPSA) is 54.4 Å². The molecule has 16 heavy (non-hydrogen) atoms. The van der Waals surface area contributed by atoms with E-state index < -0.39 is 5.97 Å². The first-order chi connectivity index (χ1) is 7.68. The number of Topliss-reactive ketones (excluding diaryl/α,β-unsaturated/α-hetero) is 1. The third kappa shape index (κ3) is 1.96. The zero-order valence-corrected chi connectivity index (χ0v) is 8.62. The number of carboxylic acid groups (broad SMARTS) is 1. The number of carboxylic acids is 1. The highest BCUT2D eigenvalue weighted by Gasteiger charge is 2.20. The van der Waals surface area contributed by atoms with E-state index in [0.717, 1.165) is 16.7 Å². The fourth-order valence-electron chi connectivity index (χ4n) is 1.82. The second-order valence-corrected chi connectivity index (χ2v) is 3.63. The Morgan fingerprint density at radius 1 is 1.38 bits per heavy atom. The number of carbonyl (C=O) groups is 2. The van der Waals surface area contributed by atoms with Crippen molar-refractivity contribution in [2.45, 2.75) is 19.3 Å². The fourth-order valence-corrected chi connectivity index (χ4v) is 1.82. The highest BCUT2D eigenvalue weighted by Crippen LogP contribution is 2.24. The number of hydrogen-bond acceptors (Lipinski definition) is 2. The van der Waals surface area contributed by atoms with Gasteiger partial charge in [0, 0.05) is 17.5 Å². The van der Waals surface area contributed by atoms with Crippen LogP contribution < -0.4 is 0 Å². The maximum atomic E-state index is 11.5. The minimum absolute atomic E-state index is 0.150. The molecule has 3 nitrogen and oxygen atoms in total. The second-order valence-electron chi connectivity index (χ2n) is 3.63. The summed E-state index contributed by atoms with van der Waals surface area (Å²) >= 11 is 0. The Morgan fingerprint density at radius 2 is 2.19 bits per heavy atom. The number of hydrogen-bond donors (Lipinski definition) is 1. The van der Waals surface area contributed by atoms with Gasteiger partial charge in [0.05, 0.1) is 0 Å². The molecule has 0 radical (unpaired) electrons. The van der Waals surface area contributed by atoms with Gasteiger partial charge in [0.1, 0.15) is 6.42 Å². The Hall–Kier alpha value is -2.08. The molecule has 1 aromatic carbocycles. The zero-order chi connectivity index (χ0) is 11.5. The molecule has 1 aliphatic rings. The number of carbonyl (C=O) groups excluding carboxylic acids is 1. The number of fused-ring (bicyclic) bond motifs is 1. The summed E-state index contributed by atoms with van der Waals surface area (Å²) in [5.41, 5.74) is 2.48. The van der Waals surface area contributed by atoms with Crippen molar-refractivity contribution in [1.82, 2.24) is 0 Å². The van der Waals surface area contributed by atoms with Gasteiger partial charge < -0.3 is 5.11 Å². The number of ketones is 1. The summed E-state index contributed by atoms with van der Waals surface area (Å²) in [5, 5.41) is 8.47. The molecule has 0 spiro atoms. The normalized spacial score (nSPS) is 12.9. The molecular weight excluding hydrogens is 204 g/mol. The predicted molar refractivity (Wildman–Crippen MR) is 58.2 cm³/mol. The average molecular weight is 214 g/mol. The first kappa shape index (κ1) is 10.4. The van der Waals surface area contributed by atoms with E-state index >= 15 is 0 Å². The van der Waals surface area contributed by atoms with Crippen LogP contribution in [0.15, 0.2) is 18.2 Å². The van der Waals surface area contributed by atoms with Gasteiger partial charge in [-0.3, -0.25) is 9.59 Å². The van der Waals surface area contributed by atoms with Gasteiger partial charge in [0.2, 0.25) is 0 Å². The van der Waals surface area contributed by atoms with Crippen molar-refractivity contribution in [2.75, 3.05) is 0 Å². The second kappa shape index (κ2) is 4.19. The molecule has 0 aliphatic heterocycles. The van der Waals surface area contributed by atoms with Crippen molar-refractivity contribution in [3.8, 4) is 11.8 Å². The maximum Gasteiger partial charge on any atom is 0.315 e. The molecule has 3 heteroatoms. The molecular formula is C13H10O3. The largest absolute Gasteiger partial charge is 0.481 e. The van der Waals surface area contributed by atoms with E-state index in [0.29, 0.717) is 12.8 Å². The van der Waals surface area contributed by atoms with Crippen LogP contribution in [0.25, 0.3) is 0 Å². The number of aliphatic carboxylic acids is 1. The molecule has 0 fully saturated rings. The lowest BCUT2D eigenvalue weighted by Gasteiger charge is -1.99. The fraction of sp³-hybridized carbons (Fsp3) is 0.231. The summed E-state index contributed by atoms with van der Waals surface area (Å²) in [6.45, 7) is 0. The van der Waals surface area contributed by atoms with Crippen molar-refractivity contribution in [3.05, 3.63) is 34.9 Å². The molecule has 0 amide bonds. The van der Waals surface area contributed by atoms with Crippen molar-refractivity contribution in [1.29, 1.82) is 0 Å². The maximum absolute atomic E-state index is 11.5. The van der Waals surface area contributed by atoms with Gasteiger partial charge in [-0.1, -0.05) is 24.0 Å². The Kier molecular flexibility index (Phi) is 2.74. The molecule has 80 valence electrons. The highest BCUT2D eigenvalue weighted by atomic mass is 16.4. The van der Waals surface area contributed by atoms with E-state index in [2.05, 4.69) is 11.8 Å². The zero-order valence-electron chi connectivity index (χ0n) is 8.62. The Bertz CT molecular complexity index is 518. The number of rotatable bonds is 1. The molecule has 1 aliphatic carbocycles. The lowest BCUT2D eigenvalue weighted by Crippen LogP contribution is -1.93. The van der Waals surface area contributed by atoms with Gasteiger partial charge in [-0.2, -0.15) is 0 Å². The van der Waals surface area contributed by atoms with Crippen LogP contribution in [0.5, 0.6) is 0 Å². The van der Waals surface area contributed by atoms with Crippen molar-refractivity contribution in [2.24, 2.45) is 0 Å². The van der Waals surface area contributed by atoms with Crippen LogP contribution in [0, 0.1) is 11.8 Å². The van der Waals surface area contributed by atoms with Gasteiger partial charge in [-0.15, -0.1) is 0 Å². The predicted octanol–water partition coefficient (Wildman–Crippen LogP) is 1.64. The summed E-state index contributed by atoms with van der Waals surface area (Å²) < 4.78 is 0. The summed E-state index contributed by atoms with van der Waals surface area (Å²) in [6, 6.07) is 5.41. The van der Waals surface area contributed by atoms with Crippen molar-refractivity contribution in [3.63, 3.8) is 0 Å². The third-order valence-corrected chi connectivity index (χ3v) is 2.54. The van der Waals surface area contributed by atoms with Gasteiger partial charge in [0.25, 0.3) is 0 Å². The summed E-state index contributed by atoms with van der Waals surface area (Å²) in [7, 11) is 0. The van der Waals surface area contributed by atoms with Crippen LogP contribution in [0.2, 0.25) is 0 Å². The van der Waals surface area contributed by atoms with Gasteiger partial charge in [-0.25, -0.2) is 0 Å². The lowest BCUT2D eigenvalue weighted by atomic mass is 10.0. The molecule has 1 N–H and O–H groups in total. The van der Waals surface area contributed by atoms with Crippen LogP contribution in [0.4, 0.5) is 0 Å². The molecule has 0 atom stereocenters. The van der Waals surface area contributed by atoms with Gasteiger partial charge in [0.15, 0.2) is 5.78 Å². The Labute approximate surface area is 93.1 Å². The van der Waals surface area contributed by atoms with Crippen LogP contribution in [-0.2, 0) is 11.2 Å². The standard InChI is InChI=1S/C13H10O3/c14-12-8-7-10-9(3-1-5-11(10)12)4-2-6-13(15)16/h1,3,5H,6-8H2,(H,15,16). The van der Waals surface area contributed by atoms with E-state index in [4.69, 9.17) is 5.11 Å². The quantitative estimate of drug-likeness (QED) is 0.723. The SMILES string of the molecule is O=C(O)CC#Cc1cccc2c1CCC2=O. The minimum atomic E-state index is -0.934. The van der Waals surface area contributed by atoms with Gasteiger partial charge in [-0.05, 0) is 18.1 Å². The van der Waals surface area contributed by atoms with E-state index in [1.54, 1.807) is 12.1 Å². The first-order valence-electron chi connectivity index (χ1n) is 5.04. The smallest absolute Gasteiger partial charge is 0.315 e. The highest BCUT2D eigenvalue weighted by molar-refractivity contribution is 6.01. The first-order valence-corrected chi connectivity index (χ1v) is 5.04. The van der Waals surface area contributed by atoms with E-state index in [1.165, 1.54) is 0 Å². The van der Waals surface area contributed by atoms with Crippen molar-refractivity contribution >= 4 is 11.8 Å². The van der Waals surface area contributed by atoms with Crippen LogP contribution >= 0.6 is 0 Å². The van der Waals surface area contributed by atoms with Crippen molar-refractivity contribution < 1.29 is 14.7 Å². The molecule has 2 rings (SSSR count). The minimum Gasteiger partial charge on any atom is -0.481 e. The monoisotopic (exact) mass is 214 g/mol. The van der Waals surface area contributed by atoms with E-state index in [1.807, 2.05) is 6.07 Å². The molecule has 0 unspecified atom stereocenters. The van der Waals surface area contributed by atoms with Crippen LogP contribution in [-0.4, -0.2) is 16.9 Å². The Balaban J connectivity index is 2.32. The lowest BCUT2D eigenvalue weighted by molar-refractivity contribution is -0.135. The average Bonchev–Trinajstić information content (AvgIpc) is 2.61.